The summed E-state index contributed by atoms with van der Waals surface area (Å²) in [5, 5.41) is 8.58. The third-order valence-corrected chi connectivity index (χ3v) is 3.31. The number of hydrogen-bond donors (Lipinski definition) is 2. The molecule has 0 unspecified atom stereocenters. The van der Waals surface area contributed by atoms with Gasteiger partial charge in [0.1, 0.15) is 0 Å². The fraction of sp³-hybridized carbons (Fsp3) is 0.231. The van der Waals surface area contributed by atoms with E-state index in [-0.39, 0.29) is 5.91 Å². The van der Waals surface area contributed by atoms with Crippen LogP contribution < -0.4 is 10.6 Å². The molecular weight excluding hydrogens is 246 g/mol. The summed E-state index contributed by atoms with van der Waals surface area (Å²) < 4.78 is 0. The first kappa shape index (κ1) is 12.6. The highest BCUT2D eigenvalue weighted by atomic mass is 32.1. The molecule has 2 rings (SSSR count). The number of aromatic nitrogens is 1. The monoisotopic (exact) mass is 261 g/mol. The van der Waals surface area contributed by atoms with Crippen molar-refractivity contribution < 1.29 is 4.79 Å². The Bertz CT molecular complexity index is 510. The van der Waals surface area contributed by atoms with Crippen molar-refractivity contribution in [1.29, 1.82) is 0 Å². The topological polar surface area (TPSA) is 54.0 Å². The van der Waals surface area contributed by atoms with Gasteiger partial charge in [-0.05, 0) is 5.56 Å². The molecule has 0 atom stereocenters. The first-order chi connectivity index (χ1) is 8.78. The smallest absolute Gasteiger partial charge is 0.225 e. The normalized spacial score (nSPS) is 10.1. The molecule has 2 aromatic rings. The number of carbonyl (C=O) groups excluding carboxylic acids is 1. The standard InChI is InChI=1S/C13H15N3OS/c1-14-12(17)7-11-9-18-13(16-11)15-8-10-5-3-2-4-6-10/h2-6,9H,7-8H2,1H3,(H,14,17)(H,15,16). The van der Waals surface area contributed by atoms with Crippen molar-refractivity contribution in [3.63, 3.8) is 0 Å². The number of thiazole rings is 1. The Kier molecular flexibility index (Phi) is 4.30. The van der Waals surface area contributed by atoms with Gasteiger partial charge in [-0.3, -0.25) is 4.79 Å². The Balaban J connectivity index is 1.89. The maximum atomic E-state index is 11.2. The summed E-state index contributed by atoms with van der Waals surface area (Å²) in [4.78, 5) is 15.6. The molecule has 2 N–H and O–H groups in total. The molecule has 1 heterocycles. The van der Waals surface area contributed by atoms with Crippen LogP contribution in [0.15, 0.2) is 35.7 Å². The molecule has 0 fully saturated rings. The maximum absolute atomic E-state index is 11.2. The van der Waals surface area contributed by atoms with E-state index in [4.69, 9.17) is 0 Å². The Morgan fingerprint density at radius 3 is 2.83 bits per heavy atom. The van der Waals surface area contributed by atoms with Crippen molar-refractivity contribution in [1.82, 2.24) is 10.3 Å². The highest BCUT2D eigenvalue weighted by Crippen LogP contribution is 2.16. The molecule has 5 heteroatoms. The largest absolute Gasteiger partial charge is 0.359 e. The van der Waals surface area contributed by atoms with Crippen LogP contribution in [0.2, 0.25) is 0 Å². The summed E-state index contributed by atoms with van der Waals surface area (Å²) in [6, 6.07) is 10.1. The zero-order valence-corrected chi connectivity index (χ0v) is 11.0. The number of nitrogens with one attached hydrogen (secondary N) is 2. The van der Waals surface area contributed by atoms with Crippen molar-refractivity contribution in [2.75, 3.05) is 12.4 Å². The number of rotatable bonds is 5. The molecule has 0 aliphatic carbocycles. The second-order valence-electron chi connectivity index (χ2n) is 3.83. The number of nitrogens with zero attached hydrogens (tertiary/aromatic N) is 1. The lowest BCUT2D eigenvalue weighted by Gasteiger charge is -2.01. The Morgan fingerprint density at radius 2 is 2.11 bits per heavy atom. The number of anilines is 1. The highest BCUT2D eigenvalue weighted by molar-refractivity contribution is 7.13. The second-order valence-corrected chi connectivity index (χ2v) is 4.69. The molecule has 1 amide bonds. The molecule has 0 radical (unpaired) electrons. The van der Waals surface area contributed by atoms with E-state index in [0.717, 1.165) is 17.4 Å². The van der Waals surface area contributed by atoms with Gasteiger partial charge in [0.05, 0.1) is 12.1 Å². The Hall–Kier alpha value is -1.88. The first-order valence-electron chi connectivity index (χ1n) is 5.70. The minimum atomic E-state index is -0.0186. The van der Waals surface area contributed by atoms with Gasteiger partial charge in [-0.15, -0.1) is 11.3 Å². The summed E-state index contributed by atoms with van der Waals surface area (Å²) in [6.07, 6.45) is 0.333. The molecule has 0 bridgehead atoms. The lowest BCUT2D eigenvalue weighted by atomic mass is 10.2. The van der Waals surface area contributed by atoms with Gasteiger partial charge in [-0.1, -0.05) is 30.3 Å². The lowest BCUT2D eigenvalue weighted by Crippen LogP contribution is -2.20. The molecule has 1 aromatic carbocycles. The van der Waals surface area contributed by atoms with Crippen molar-refractivity contribution in [3.8, 4) is 0 Å². The van der Waals surface area contributed by atoms with Crippen LogP contribution in [0.1, 0.15) is 11.3 Å². The van der Waals surface area contributed by atoms with Gasteiger partial charge in [-0.2, -0.15) is 0 Å². The molecule has 0 spiro atoms. The van der Waals surface area contributed by atoms with Gasteiger partial charge < -0.3 is 10.6 Å². The molecule has 0 saturated heterocycles. The minimum Gasteiger partial charge on any atom is -0.359 e. The maximum Gasteiger partial charge on any atom is 0.225 e. The number of hydrogen-bond acceptors (Lipinski definition) is 4. The molecule has 0 saturated carbocycles. The van der Waals surface area contributed by atoms with Gasteiger partial charge in [0, 0.05) is 19.0 Å². The summed E-state index contributed by atoms with van der Waals surface area (Å²) in [6.45, 7) is 0.744. The minimum absolute atomic E-state index is 0.0186. The van der Waals surface area contributed by atoms with Crippen LogP contribution in [0.5, 0.6) is 0 Å². The number of amides is 1. The van der Waals surface area contributed by atoms with Gasteiger partial charge in [0.2, 0.25) is 5.91 Å². The van der Waals surface area contributed by atoms with E-state index in [2.05, 4.69) is 27.8 Å². The van der Waals surface area contributed by atoms with E-state index in [1.165, 1.54) is 16.9 Å². The van der Waals surface area contributed by atoms with Crippen molar-refractivity contribution in [2.45, 2.75) is 13.0 Å². The lowest BCUT2D eigenvalue weighted by molar-refractivity contribution is -0.120. The van der Waals surface area contributed by atoms with Crippen LogP contribution in [0.4, 0.5) is 5.13 Å². The molecular formula is C13H15N3OS. The quantitative estimate of drug-likeness (QED) is 0.866. The zero-order valence-electron chi connectivity index (χ0n) is 10.1. The number of carbonyl (C=O) groups is 1. The SMILES string of the molecule is CNC(=O)Cc1csc(NCc2ccccc2)n1. The van der Waals surface area contributed by atoms with Crippen molar-refractivity contribution in [3.05, 3.63) is 47.0 Å². The van der Waals surface area contributed by atoms with Crippen LogP contribution >= 0.6 is 11.3 Å². The third-order valence-electron chi connectivity index (χ3n) is 2.46. The van der Waals surface area contributed by atoms with Crippen LogP contribution in [-0.2, 0) is 17.8 Å². The summed E-state index contributed by atoms with van der Waals surface area (Å²) >= 11 is 1.52. The van der Waals surface area contributed by atoms with E-state index >= 15 is 0 Å². The fourth-order valence-corrected chi connectivity index (χ4v) is 2.20. The van der Waals surface area contributed by atoms with Gasteiger partial charge in [-0.25, -0.2) is 4.98 Å². The zero-order chi connectivity index (χ0) is 12.8. The predicted octanol–water partition coefficient (Wildman–Crippen LogP) is 2.04. The van der Waals surface area contributed by atoms with Gasteiger partial charge in [0.25, 0.3) is 0 Å². The van der Waals surface area contributed by atoms with E-state index in [1.807, 2.05) is 23.6 Å². The Morgan fingerprint density at radius 1 is 1.33 bits per heavy atom. The van der Waals surface area contributed by atoms with Gasteiger partial charge >= 0.3 is 0 Å². The second kappa shape index (κ2) is 6.16. The summed E-state index contributed by atoms with van der Waals surface area (Å²) in [7, 11) is 1.63. The summed E-state index contributed by atoms with van der Waals surface area (Å²) in [5.74, 6) is -0.0186. The number of likely N-dealkylation sites (N-methyl/N-ethyl adjacent to an activating group) is 1. The summed E-state index contributed by atoms with van der Waals surface area (Å²) in [5.41, 5.74) is 2.01. The molecule has 0 aliphatic rings. The van der Waals surface area contributed by atoms with Crippen LogP contribution in [0.3, 0.4) is 0 Å². The fourth-order valence-electron chi connectivity index (χ4n) is 1.50. The molecule has 94 valence electrons. The van der Waals surface area contributed by atoms with E-state index in [0.29, 0.717) is 6.42 Å². The average molecular weight is 261 g/mol. The van der Waals surface area contributed by atoms with Crippen LogP contribution in [-0.4, -0.2) is 17.9 Å². The van der Waals surface area contributed by atoms with E-state index < -0.39 is 0 Å². The average Bonchev–Trinajstić information content (AvgIpc) is 2.85. The first-order valence-corrected chi connectivity index (χ1v) is 6.58. The molecule has 0 aliphatic heterocycles. The van der Waals surface area contributed by atoms with Gasteiger partial charge in [0.15, 0.2) is 5.13 Å². The predicted molar refractivity (Wildman–Crippen MR) is 73.7 cm³/mol. The van der Waals surface area contributed by atoms with E-state index in [1.54, 1.807) is 7.05 Å². The third kappa shape index (κ3) is 3.56. The van der Waals surface area contributed by atoms with Crippen LogP contribution in [0.25, 0.3) is 0 Å². The highest BCUT2D eigenvalue weighted by Gasteiger charge is 2.05. The van der Waals surface area contributed by atoms with Crippen LogP contribution in [0, 0.1) is 0 Å². The molecule has 18 heavy (non-hydrogen) atoms. The Labute approximate surface area is 110 Å². The number of benzene rings is 1. The van der Waals surface area contributed by atoms with E-state index in [9.17, 15) is 4.79 Å². The molecule has 4 nitrogen and oxygen atoms in total. The van der Waals surface area contributed by atoms with Crippen molar-refractivity contribution >= 4 is 22.4 Å². The molecule has 1 aromatic heterocycles. The van der Waals surface area contributed by atoms with Crippen molar-refractivity contribution in [2.24, 2.45) is 0 Å².